The molecule has 16 heavy (non-hydrogen) atoms. The van der Waals surface area contributed by atoms with Gasteiger partial charge in [-0.3, -0.25) is 0 Å². The van der Waals surface area contributed by atoms with Crippen LogP contribution in [0.5, 0.6) is 0 Å². The Labute approximate surface area is 102 Å². The monoisotopic (exact) mass is 229 g/mol. The maximum atomic E-state index is 8.64. The maximum absolute atomic E-state index is 8.64. The lowest BCUT2D eigenvalue weighted by molar-refractivity contribution is 0.282. The highest BCUT2D eigenvalue weighted by Crippen LogP contribution is 2.13. The van der Waals surface area contributed by atoms with E-state index in [0.29, 0.717) is 6.61 Å². The van der Waals surface area contributed by atoms with Crippen LogP contribution in [-0.4, -0.2) is 24.8 Å². The molecular weight excluding hydrogens is 198 g/mol. The van der Waals surface area contributed by atoms with Crippen molar-refractivity contribution in [1.29, 1.82) is 0 Å². The third-order valence-corrected chi connectivity index (χ3v) is 3.10. The quantitative estimate of drug-likeness (QED) is 0.503. The van der Waals surface area contributed by atoms with E-state index in [0.717, 1.165) is 18.9 Å². The summed E-state index contributed by atoms with van der Waals surface area (Å²) in [5, 5.41) is 12.1. The molecule has 1 unspecified atom stereocenters. The molecule has 98 valence electrons. The standard InChI is InChI=1S/C14H31NO/c1-3-11-15-12-10-14(2)9-7-5-4-6-8-13-16/h14-16H,3-13H2,1-2H3. The molecule has 1 atom stereocenters. The molecule has 0 aliphatic carbocycles. The summed E-state index contributed by atoms with van der Waals surface area (Å²) in [6.07, 6.45) is 10.1. The highest BCUT2D eigenvalue weighted by atomic mass is 16.2. The lowest BCUT2D eigenvalue weighted by atomic mass is 9.99. The van der Waals surface area contributed by atoms with Crippen LogP contribution in [0.2, 0.25) is 0 Å². The van der Waals surface area contributed by atoms with Crippen molar-refractivity contribution in [3.63, 3.8) is 0 Å². The Balaban J connectivity index is 3.08. The van der Waals surface area contributed by atoms with E-state index in [1.165, 1.54) is 51.5 Å². The predicted octanol–water partition coefficient (Wildman–Crippen LogP) is 3.35. The number of unbranched alkanes of at least 4 members (excludes halogenated alkanes) is 4. The van der Waals surface area contributed by atoms with Gasteiger partial charge >= 0.3 is 0 Å². The molecule has 0 aromatic carbocycles. The second-order valence-electron chi connectivity index (χ2n) is 4.92. The van der Waals surface area contributed by atoms with Gasteiger partial charge in [-0.1, -0.05) is 46.0 Å². The summed E-state index contributed by atoms with van der Waals surface area (Å²) in [4.78, 5) is 0. The second kappa shape index (κ2) is 13.0. The molecule has 0 bridgehead atoms. The minimum Gasteiger partial charge on any atom is -0.396 e. The molecule has 0 saturated heterocycles. The van der Waals surface area contributed by atoms with E-state index in [-0.39, 0.29) is 0 Å². The highest BCUT2D eigenvalue weighted by molar-refractivity contribution is 4.56. The molecule has 0 amide bonds. The molecule has 0 heterocycles. The van der Waals surface area contributed by atoms with E-state index in [1.54, 1.807) is 0 Å². The summed E-state index contributed by atoms with van der Waals surface area (Å²) in [5.74, 6) is 0.863. The van der Waals surface area contributed by atoms with E-state index in [1.807, 2.05) is 0 Å². The van der Waals surface area contributed by atoms with Crippen LogP contribution in [0, 0.1) is 5.92 Å². The Hall–Kier alpha value is -0.0800. The first-order chi connectivity index (χ1) is 7.81. The van der Waals surface area contributed by atoms with Gasteiger partial charge in [-0.15, -0.1) is 0 Å². The minimum atomic E-state index is 0.361. The van der Waals surface area contributed by atoms with Crippen molar-refractivity contribution < 1.29 is 5.11 Å². The smallest absolute Gasteiger partial charge is 0.0431 e. The molecule has 0 aliphatic rings. The van der Waals surface area contributed by atoms with E-state index in [9.17, 15) is 0 Å². The van der Waals surface area contributed by atoms with Crippen molar-refractivity contribution in [2.24, 2.45) is 5.92 Å². The van der Waals surface area contributed by atoms with Crippen LogP contribution in [0.25, 0.3) is 0 Å². The molecule has 2 nitrogen and oxygen atoms in total. The van der Waals surface area contributed by atoms with Crippen molar-refractivity contribution >= 4 is 0 Å². The van der Waals surface area contributed by atoms with Gasteiger partial charge in [-0.05, 0) is 38.3 Å². The third kappa shape index (κ3) is 12.0. The molecule has 2 N–H and O–H groups in total. The van der Waals surface area contributed by atoms with Gasteiger partial charge in [-0.25, -0.2) is 0 Å². The van der Waals surface area contributed by atoms with Crippen LogP contribution in [0.3, 0.4) is 0 Å². The van der Waals surface area contributed by atoms with E-state index >= 15 is 0 Å². The molecular formula is C14H31NO. The predicted molar refractivity (Wildman–Crippen MR) is 71.7 cm³/mol. The molecule has 2 heteroatoms. The van der Waals surface area contributed by atoms with Crippen molar-refractivity contribution in [1.82, 2.24) is 5.32 Å². The van der Waals surface area contributed by atoms with Crippen LogP contribution in [0.4, 0.5) is 0 Å². The fourth-order valence-electron chi connectivity index (χ4n) is 1.93. The number of rotatable bonds is 12. The number of aliphatic hydroxyl groups excluding tert-OH is 1. The normalized spacial score (nSPS) is 12.9. The van der Waals surface area contributed by atoms with E-state index in [4.69, 9.17) is 5.11 Å². The number of hydrogen-bond acceptors (Lipinski definition) is 2. The number of aliphatic hydroxyl groups is 1. The lowest BCUT2D eigenvalue weighted by Crippen LogP contribution is -2.18. The summed E-state index contributed by atoms with van der Waals surface area (Å²) in [6, 6.07) is 0. The van der Waals surface area contributed by atoms with Crippen LogP contribution in [-0.2, 0) is 0 Å². The SMILES string of the molecule is CCCNCCC(C)CCCCCCCO. The van der Waals surface area contributed by atoms with Crippen molar-refractivity contribution in [3.8, 4) is 0 Å². The van der Waals surface area contributed by atoms with Gasteiger partial charge in [0.2, 0.25) is 0 Å². The summed E-state index contributed by atoms with van der Waals surface area (Å²) in [7, 11) is 0. The van der Waals surface area contributed by atoms with Gasteiger partial charge in [0, 0.05) is 6.61 Å². The van der Waals surface area contributed by atoms with Crippen LogP contribution >= 0.6 is 0 Å². The van der Waals surface area contributed by atoms with Gasteiger partial charge < -0.3 is 10.4 Å². The van der Waals surface area contributed by atoms with Crippen molar-refractivity contribution in [2.45, 2.75) is 65.2 Å². The Morgan fingerprint density at radius 2 is 1.62 bits per heavy atom. The Kier molecular flexibility index (Phi) is 12.9. The minimum absolute atomic E-state index is 0.361. The highest BCUT2D eigenvalue weighted by Gasteiger charge is 2.01. The topological polar surface area (TPSA) is 32.3 Å². The zero-order chi connectivity index (χ0) is 12.1. The van der Waals surface area contributed by atoms with Gasteiger partial charge in [0.15, 0.2) is 0 Å². The Bertz CT molecular complexity index is 128. The van der Waals surface area contributed by atoms with Crippen molar-refractivity contribution in [2.75, 3.05) is 19.7 Å². The zero-order valence-electron chi connectivity index (χ0n) is 11.3. The third-order valence-electron chi connectivity index (χ3n) is 3.10. The zero-order valence-corrected chi connectivity index (χ0v) is 11.3. The first-order valence-electron chi connectivity index (χ1n) is 7.12. The molecule has 0 radical (unpaired) electrons. The maximum Gasteiger partial charge on any atom is 0.0431 e. The molecule has 0 aromatic heterocycles. The average Bonchev–Trinajstić information content (AvgIpc) is 2.29. The van der Waals surface area contributed by atoms with Crippen LogP contribution in [0.15, 0.2) is 0 Å². The number of nitrogens with one attached hydrogen (secondary N) is 1. The summed E-state index contributed by atoms with van der Waals surface area (Å²) < 4.78 is 0. The number of hydrogen-bond donors (Lipinski definition) is 2. The summed E-state index contributed by atoms with van der Waals surface area (Å²) >= 11 is 0. The Morgan fingerprint density at radius 1 is 0.938 bits per heavy atom. The fourth-order valence-corrected chi connectivity index (χ4v) is 1.93. The van der Waals surface area contributed by atoms with E-state index in [2.05, 4.69) is 19.2 Å². The van der Waals surface area contributed by atoms with Gasteiger partial charge in [0.1, 0.15) is 0 Å². The van der Waals surface area contributed by atoms with Gasteiger partial charge in [0.05, 0.1) is 0 Å². The second-order valence-corrected chi connectivity index (χ2v) is 4.92. The first kappa shape index (κ1) is 15.9. The molecule has 0 saturated carbocycles. The van der Waals surface area contributed by atoms with Crippen LogP contribution < -0.4 is 5.32 Å². The summed E-state index contributed by atoms with van der Waals surface area (Å²) in [5.41, 5.74) is 0. The van der Waals surface area contributed by atoms with Gasteiger partial charge in [-0.2, -0.15) is 0 Å². The lowest BCUT2D eigenvalue weighted by Gasteiger charge is -2.11. The van der Waals surface area contributed by atoms with E-state index < -0.39 is 0 Å². The van der Waals surface area contributed by atoms with Gasteiger partial charge in [0.25, 0.3) is 0 Å². The van der Waals surface area contributed by atoms with Crippen molar-refractivity contribution in [3.05, 3.63) is 0 Å². The summed E-state index contributed by atoms with van der Waals surface area (Å²) in [6.45, 7) is 7.27. The van der Waals surface area contributed by atoms with Crippen LogP contribution in [0.1, 0.15) is 65.2 Å². The first-order valence-corrected chi connectivity index (χ1v) is 7.12. The average molecular weight is 229 g/mol. The fraction of sp³-hybridized carbons (Fsp3) is 1.00. The Morgan fingerprint density at radius 3 is 2.31 bits per heavy atom. The largest absolute Gasteiger partial charge is 0.396 e. The molecule has 0 fully saturated rings. The molecule has 0 rings (SSSR count). The molecule has 0 aliphatic heterocycles. The molecule has 0 spiro atoms. The molecule has 0 aromatic rings.